The molecule has 172 valence electrons. The number of hydrogen-bond donors (Lipinski definition) is 1. The molecular weight excluding hydrogens is 426 g/mol. The molecule has 0 saturated carbocycles. The van der Waals surface area contributed by atoms with Gasteiger partial charge in [-0.25, -0.2) is 9.78 Å². The Hall–Kier alpha value is -3.90. The topological polar surface area (TPSA) is 65.4 Å². The van der Waals surface area contributed by atoms with Crippen molar-refractivity contribution in [3.8, 4) is 16.9 Å². The van der Waals surface area contributed by atoms with Crippen LogP contribution in [0.2, 0.25) is 0 Å². The van der Waals surface area contributed by atoms with E-state index >= 15 is 0 Å². The fourth-order valence-corrected chi connectivity index (χ4v) is 4.40. The number of nitrogens with one attached hydrogen (secondary N) is 1. The summed E-state index contributed by atoms with van der Waals surface area (Å²) in [4.78, 5) is 16.5. The average molecular weight is 454 g/mol. The second-order valence-electron chi connectivity index (χ2n) is 8.36. The molecule has 3 aromatic carbocycles. The summed E-state index contributed by atoms with van der Waals surface area (Å²) in [6, 6.07) is 24.8. The molecule has 0 saturated heterocycles. The van der Waals surface area contributed by atoms with Crippen molar-refractivity contribution in [1.82, 2.24) is 14.9 Å². The van der Waals surface area contributed by atoms with Crippen LogP contribution in [0.1, 0.15) is 39.6 Å². The van der Waals surface area contributed by atoms with E-state index in [9.17, 15) is 4.79 Å². The van der Waals surface area contributed by atoms with Crippen molar-refractivity contribution in [3.05, 3.63) is 108 Å². The van der Waals surface area contributed by atoms with Crippen LogP contribution in [0, 0.1) is 0 Å². The van der Waals surface area contributed by atoms with Crippen LogP contribution in [0.25, 0.3) is 11.1 Å². The summed E-state index contributed by atoms with van der Waals surface area (Å²) in [7, 11) is 1.39. The second kappa shape index (κ2) is 9.93. The van der Waals surface area contributed by atoms with Gasteiger partial charge in [-0.3, -0.25) is 0 Å². The zero-order valence-electron chi connectivity index (χ0n) is 19.1. The summed E-state index contributed by atoms with van der Waals surface area (Å²) in [5.74, 6) is 0.235. The number of carbonyl (C=O) groups is 1. The highest BCUT2D eigenvalue weighted by Gasteiger charge is 2.26. The molecule has 1 aliphatic heterocycles. The Balaban J connectivity index is 1.27. The Morgan fingerprint density at radius 2 is 1.85 bits per heavy atom. The predicted molar refractivity (Wildman–Crippen MR) is 131 cm³/mol. The summed E-state index contributed by atoms with van der Waals surface area (Å²) in [6.07, 6.45) is 4.60. The number of methoxy groups -OCH3 is 1. The molecule has 0 bridgehead atoms. The van der Waals surface area contributed by atoms with Crippen molar-refractivity contribution in [2.45, 2.75) is 25.6 Å². The number of rotatable bonds is 7. The molecule has 1 aliphatic rings. The molecular formula is C28H27N3O3. The largest absolute Gasteiger partial charge is 0.492 e. The maximum atomic E-state index is 12.1. The van der Waals surface area contributed by atoms with Crippen LogP contribution in [0.15, 0.2) is 85.3 Å². The summed E-state index contributed by atoms with van der Waals surface area (Å²) in [6.45, 7) is 1.96. The molecule has 34 heavy (non-hydrogen) atoms. The van der Waals surface area contributed by atoms with Crippen LogP contribution in [-0.2, 0) is 17.8 Å². The summed E-state index contributed by atoms with van der Waals surface area (Å²) >= 11 is 0. The second-order valence-corrected chi connectivity index (χ2v) is 8.36. The van der Waals surface area contributed by atoms with Crippen LogP contribution in [0.3, 0.4) is 0 Å². The van der Waals surface area contributed by atoms with Crippen LogP contribution >= 0.6 is 0 Å². The normalized spacial score (nSPS) is 14.8. The highest BCUT2D eigenvalue weighted by Crippen LogP contribution is 2.35. The quantitative estimate of drug-likeness (QED) is 0.399. The minimum atomic E-state index is -0.381. The smallest absolute Gasteiger partial charge is 0.341 e. The van der Waals surface area contributed by atoms with E-state index in [2.05, 4.69) is 63.4 Å². The third-order valence-corrected chi connectivity index (χ3v) is 6.22. The average Bonchev–Trinajstić information content (AvgIpc) is 3.34. The minimum absolute atomic E-state index is 0.0851. The number of benzene rings is 3. The molecule has 4 aromatic rings. The van der Waals surface area contributed by atoms with Crippen LogP contribution in [-0.4, -0.2) is 29.2 Å². The van der Waals surface area contributed by atoms with Crippen LogP contribution in [0.4, 0.5) is 0 Å². The van der Waals surface area contributed by atoms with E-state index in [1.807, 2.05) is 30.7 Å². The standard InChI is InChI=1S/C28H27N3O3/c1-33-28(32)25-9-5-8-24-26(14-15-34-27(24)25)30-17-23-16-29-19-31(23)18-20-10-12-22(13-11-20)21-6-3-2-4-7-21/h2-13,16,19,26,30H,14-15,17-18H2,1H3. The van der Waals surface area contributed by atoms with Crippen molar-refractivity contribution in [1.29, 1.82) is 0 Å². The van der Waals surface area contributed by atoms with Gasteiger partial charge in [-0.15, -0.1) is 0 Å². The first-order chi connectivity index (χ1) is 16.7. The fourth-order valence-electron chi connectivity index (χ4n) is 4.40. The molecule has 2 heterocycles. The molecule has 1 aromatic heterocycles. The monoisotopic (exact) mass is 453 g/mol. The van der Waals surface area contributed by atoms with Gasteiger partial charge in [0, 0.05) is 37.3 Å². The van der Waals surface area contributed by atoms with Gasteiger partial charge in [0.15, 0.2) is 0 Å². The van der Waals surface area contributed by atoms with Crippen molar-refractivity contribution < 1.29 is 14.3 Å². The molecule has 0 amide bonds. The van der Waals surface area contributed by atoms with Gasteiger partial charge in [-0.1, -0.05) is 66.7 Å². The van der Waals surface area contributed by atoms with Gasteiger partial charge in [0.1, 0.15) is 11.3 Å². The van der Waals surface area contributed by atoms with Gasteiger partial charge in [0.25, 0.3) is 0 Å². The van der Waals surface area contributed by atoms with E-state index in [1.165, 1.54) is 23.8 Å². The number of nitrogens with zero attached hydrogens (tertiary/aromatic N) is 2. The van der Waals surface area contributed by atoms with Gasteiger partial charge in [0.2, 0.25) is 0 Å². The third kappa shape index (κ3) is 4.58. The Morgan fingerprint density at radius 3 is 2.65 bits per heavy atom. The van der Waals surface area contributed by atoms with Crippen molar-refractivity contribution >= 4 is 5.97 Å². The molecule has 0 radical (unpaired) electrons. The number of fused-ring (bicyclic) bond motifs is 1. The molecule has 0 spiro atoms. The zero-order chi connectivity index (χ0) is 23.3. The number of imidazole rings is 1. The van der Waals surface area contributed by atoms with Crippen molar-refractivity contribution in [2.75, 3.05) is 13.7 Å². The first kappa shape index (κ1) is 21.9. The minimum Gasteiger partial charge on any atom is -0.492 e. The highest BCUT2D eigenvalue weighted by molar-refractivity contribution is 5.93. The van der Waals surface area contributed by atoms with Gasteiger partial charge in [0.05, 0.1) is 25.7 Å². The molecule has 0 fully saturated rings. The van der Waals surface area contributed by atoms with Gasteiger partial charge >= 0.3 is 5.97 Å². The van der Waals surface area contributed by atoms with Gasteiger partial charge < -0.3 is 19.4 Å². The number of ether oxygens (including phenoxy) is 2. The lowest BCUT2D eigenvalue weighted by molar-refractivity contribution is 0.0594. The summed E-state index contributed by atoms with van der Waals surface area (Å²) in [5.41, 5.74) is 6.20. The Morgan fingerprint density at radius 1 is 1.06 bits per heavy atom. The van der Waals surface area contributed by atoms with Gasteiger partial charge in [-0.05, 0) is 22.8 Å². The van der Waals surface area contributed by atoms with E-state index in [0.717, 1.165) is 24.2 Å². The number of esters is 1. The van der Waals surface area contributed by atoms with Crippen LogP contribution < -0.4 is 10.1 Å². The molecule has 6 nitrogen and oxygen atoms in total. The maximum absolute atomic E-state index is 12.1. The number of hydrogen-bond acceptors (Lipinski definition) is 5. The zero-order valence-corrected chi connectivity index (χ0v) is 19.1. The Kier molecular flexibility index (Phi) is 6.40. The number of aromatic nitrogens is 2. The van der Waals surface area contributed by atoms with E-state index in [0.29, 0.717) is 24.5 Å². The summed E-state index contributed by atoms with van der Waals surface area (Å²) in [5, 5.41) is 3.63. The first-order valence-electron chi connectivity index (χ1n) is 11.4. The SMILES string of the molecule is COC(=O)c1cccc2c1OCCC2NCc1cncn1Cc1ccc(-c2ccccc2)cc1. The molecule has 1 unspecified atom stereocenters. The molecule has 6 heteroatoms. The molecule has 5 rings (SSSR count). The Labute approximate surface area is 199 Å². The van der Waals surface area contributed by atoms with Crippen molar-refractivity contribution in [3.63, 3.8) is 0 Å². The van der Waals surface area contributed by atoms with Crippen LogP contribution in [0.5, 0.6) is 5.75 Å². The Bertz CT molecular complexity index is 1270. The van der Waals surface area contributed by atoms with Gasteiger partial charge in [-0.2, -0.15) is 0 Å². The van der Waals surface area contributed by atoms with E-state index < -0.39 is 0 Å². The lowest BCUT2D eigenvalue weighted by atomic mass is 9.97. The predicted octanol–water partition coefficient (Wildman–Crippen LogP) is 5.00. The van der Waals surface area contributed by atoms with E-state index in [1.54, 1.807) is 6.07 Å². The van der Waals surface area contributed by atoms with E-state index in [-0.39, 0.29) is 12.0 Å². The lowest BCUT2D eigenvalue weighted by Gasteiger charge is -2.28. The lowest BCUT2D eigenvalue weighted by Crippen LogP contribution is -2.28. The maximum Gasteiger partial charge on any atom is 0.341 e. The fraction of sp³-hybridized carbons (Fsp3) is 0.214. The number of carbonyl (C=O) groups excluding carboxylic acids is 1. The molecule has 0 aliphatic carbocycles. The number of para-hydroxylation sites is 1. The van der Waals surface area contributed by atoms with E-state index in [4.69, 9.17) is 9.47 Å². The third-order valence-electron chi connectivity index (χ3n) is 6.22. The van der Waals surface area contributed by atoms with Crippen molar-refractivity contribution in [2.24, 2.45) is 0 Å². The first-order valence-corrected chi connectivity index (χ1v) is 11.4. The summed E-state index contributed by atoms with van der Waals surface area (Å²) < 4.78 is 12.9. The highest BCUT2D eigenvalue weighted by atomic mass is 16.5. The molecule has 1 N–H and O–H groups in total. The molecule has 1 atom stereocenters.